The van der Waals surface area contributed by atoms with Crippen molar-refractivity contribution in [3.8, 4) is 5.75 Å². The van der Waals surface area contributed by atoms with E-state index in [0.717, 1.165) is 33.7 Å². The number of rotatable bonds is 13. The Labute approximate surface area is 238 Å². The largest absolute Gasteiger partial charge is 0.497 e. The van der Waals surface area contributed by atoms with E-state index in [9.17, 15) is 18.0 Å². The molecule has 214 valence electrons. The number of amides is 2. The van der Waals surface area contributed by atoms with Crippen LogP contribution in [0.5, 0.6) is 5.75 Å². The molecule has 0 aliphatic rings. The zero-order valence-corrected chi connectivity index (χ0v) is 24.6. The number of carbonyl (C=O) groups is 2. The molecule has 3 aromatic rings. The lowest BCUT2D eigenvalue weighted by atomic mass is 10.0. The molecule has 40 heavy (non-hydrogen) atoms. The van der Waals surface area contributed by atoms with Crippen LogP contribution >= 0.6 is 0 Å². The topological polar surface area (TPSA) is 96.0 Å². The lowest BCUT2D eigenvalue weighted by Crippen LogP contribution is -2.54. The molecule has 1 N–H and O–H groups in total. The van der Waals surface area contributed by atoms with Crippen molar-refractivity contribution in [3.63, 3.8) is 0 Å². The first-order chi connectivity index (χ1) is 19.0. The quantitative estimate of drug-likeness (QED) is 0.333. The third kappa shape index (κ3) is 8.32. The SMILES string of the molecule is CCC(C)NC(=O)C(Cc1ccccc1)N(Cc1ccccc1C)C(=O)CN(c1cccc(OC)c1)S(C)(=O)=O. The minimum Gasteiger partial charge on any atom is -0.497 e. The first kappa shape index (κ1) is 30.7. The number of nitrogens with one attached hydrogen (secondary N) is 1. The third-order valence-corrected chi connectivity index (χ3v) is 8.04. The standard InChI is InChI=1S/C31H39N3O5S/c1-6-24(3)32-31(36)29(19-25-14-8-7-9-15-25)33(21-26-16-11-10-13-23(26)2)30(35)22-34(40(5,37)38)27-17-12-18-28(20-27)39-4/h7-18,20,24,29H,6,19,21-22H2,1-5H3,(H,32,36). The molecule has 0 fully saturated rings. The maximum Gasteiger partial charge on any atom is 0.244 e. The van der Waals surface area contributed by atoms with Gasteiger partial charge in [0.05, 0.1) is 19.1 Å². The van der Waals surface area contributed by atoms with Gasteiger partial charge in [0.25, 0.3) is 0 Å². The third-order valence-electron chi connectivity index (χ3n) is 6.89. The number of anilines is 1. The minimum atomic E-state index is -3.85. The molecular formula is C31H39N3O5S. The van der Waals surface area contributed by atoms with Gasteiger partial charge in [0.1, 0.15) is 18.3 Å². The predicted molar refractivity (Wildman–Crippen MR) is 159 cm³/mol. The highest BCUT2D eigenvalue weighted by Gasteiger charge is 2.33. The van der Waals surface area contributed by atoms with Gasteiger partial charge in [0.2, 0.25) is 21.8 Å². The van der Waals surface area contributed by atoms with Crippen LogP contribution in [0.1, 0.15) is 37.0 Å². The van der Waals surface area contributed by atoms with E-state index in [0.29, 0.717) is 11.4 Å². The summed E-state index contributed by atoms with van der Waals surface area (Å²) in [5.41, 5.74) is 3.03. The highest BCUT2D eigenvalue weighted by atomic mass is 32.2. The predicted octanol–water partition coefficient (Wildman–Crippen LogP) is 4.32. The number of hydrogen-bond donors (Lipinski definition) is 1. The fraction of sp³-hybridized carbons (Fsp3) is 0.355. The van der Waals surface area contributed by atoms with Gasteiger partial charge in [-0.05, 0) is 49.1 Å². The summed E-state index contributed by atoms with van der Waals surface area (Å²) in [5.74, 6) is -0.311. The van der Waals surface area contributed by atoms with E-state index in [1.54, 1.807) is 24.3 Å². The second-order valence-electron chi connectivity index (χ2n) is 9.94. The van der Waals surface area contributed by atoms with Crippen LogP contribution in [0.15, 0.2) is 78.9 Å². The highest BCUT2D eigenvalue weighted by Crippen LogP contribution is 2.24. The van der Waals surface area contributed by atoms with E-state index >= 15 is 0 Å². The number of aryl methyl sites for hydroxylation is 1. The number of hydrogen-bond acceptors (Lipinski definition) is 5. The van der Waals surface area contributed by atoms with E-state index in [4.69, 9.17) is 4.74 Å². The molecule has 0 saturated heterocycles. The van der Waals surface area contributed by atoms with Gasteiger partial charge in [0, 0.05) is 25.1 Å². The average Bonchev–Trinajstić information content (AvgIpc) is 2.94. The number of carbonyl (C=O) groups excluding carboxylic acids is 2. The van der Waals surface area contributed by atoms with Gasteiger partial charge in [0.15, 0.2) is 0 Å². The van der Waals surface area contributed by atoms with E-state index in [2.05, 4.69) is 5.32 Å². The summed E-state index contributed by atoms with van der Waals surface area (Å²) in [6.07, 6.45) is 2.06. The van der Waals surface area contributed by atoms with Gasteiger partial charge in [-0.25, -0.2) is 8.42 Å². The summed E-state index contributed by atoms with van der Waals surface area (Å²) in [6.45, 7) is 5.51. The van der Waals surface area contributed by atoms with Gasteiger partial charge in [-0.15, -0.1) is 0 Å². The first-order valence-corrected chi connectivity index (χ1v) is 15.2. The second kappa shape index (κ2) is 14.0. The maximum absolute atomic E-state index is 14.1. The van der Waals surface area contributed by atoms with Crippen LogP contribution in [0.2, 0.25) is 0 Å². The van der Waals surface area contributed by atoms with Crippen molar-refractivity contribution in [1.29, 1.82) is 0 Å². The summed E-state index contributed by atoms with van der Waals surface area (Å²) < 4.78 is 32.2. The van der Waals surface area contributed by atoms with Crippen molar-refractivity contribution < 1.29 is 22.7 Å². The Hall–Kier alpha value is -3.85. The van der Waals surface area contributed by atoms with Crippen LogP contribution in [-0.2, 0) is 32.6 Å². The molecule has 2 atom stereocenters. The fourth-order valence-electron chi connectivity index (χ4n) is 4.35. The molecule has 2 unspecified atom stereocenters. The Balaban J connectivity index is 2.07. The van der Waals surface area contributed by atoms with Gasteiger partial charge in [-0.1, -0.05) is 67.6 Å². The van der Waals surface area contributed by atoms with Crippen LogP contribution < -0.4 is 14.4 Å². The van der Waals surface area contributed by atoms with E-state index < -0.39 is 28.5 Å². The van der Waals surface area contributed by atoms with Gasteiger partial charge >= 0.3 is 0 Å². The summed E-state index contributed by atoms with van der Waals surface area (Å²) in [5, 5.41) is 3.03. The average molecular weight is 566 g/mol. The molecule has 0 aliphatic carbocycles. The van der Waals surface area contributed by atoms with Crippen LogP contribution in [0.4, 0.5) is 5.69 Å². The zero-order chi connectivity index (χ0) is 29.3. The maximum atomic E-state index is 14.1. The Bertz CT molecular complexity index is 1390. The van der Waals surface area contributed by atoms with Crippen LogP contribution in [-0.4, -0.2) is 57.1 Å². The molecule has 0 aromatic heterocycles. The zero-order valence-electron chi connectivity index (χ0n) is 23.8. The molecule has 0 heterocycles. The molecule has 3 rings (SSSR count). The van der Waals surface area contributed by atoms with E-state index in [1.807, 2.05) is 75.4 Å². The number of sulfonamides is 1. The summed E-state index contributed by atoms with van der Waals surface area (Å²) in [7, 11) is -2.36. The Kier molecular flexibility index (Phi) is 10.7. The highest BCUT2D eigenvalue weighted by molar-refractivity contribution is 7.92. The fourth-order valence-corrected chi connectivity index (χ4v) is 5.19. The van der Waals surface area contributed by atoms with Gasteiger partial charge in [-0.3, -0.25) is 13.9 Å². The lowest BCUT2D eigenvalue weighted by molar-refractivity contribution is -0.140. The molecule has 0 bridgehead atoms. The van der Waals surface area contributed by atoms with Crippen molar-refractivity contribution in [2.24, 2.45) is 0 Å². The van der Waals surface area contributed by atoms with Gasteiger partial charge < -0.3 is 15.0 Å². The second-order valence-corrected chi connectivity index (χ2v) is 11.8. The van der Waals surface area contributed by atoms with Crippen molar-refractivity contribution in [2.75, 3.05) is 24.2 Å². The molecule has 8 nitrogen and oxygen atoms in total. The van der Waals surface area contributed by atoms with Gasteiger partial charge in [-0.2, -0.15) is 0 Å². The molecule has 0 radical (unpaired) electrons. The Morgan fingerprint density at radius 3 is 2.27 bits per heavy atom. The normalized spacial score (nSPS) is 12.7. The minimum absolute atomic E-state index is 0.0921. The Morgan fingerprint density at radius 2 is 1.65 bits per heavy atom. The summed E-state index contributed by atoms with van der Waals surface area (Å²) in [4.78, 5) is 29.4. The molecule has 2 amide bonds. The van der Waals surface area contributed by atoms with E-state index in [-0.39, 0.29) is 24.9 Å². The first-order valence-electron chi connectivity index (χ1n) is 13.3. The summed E-state index contributed by atoms with van der Waals surface area (Å²) >= 11 is 0. The monoisotopic (exact) mass is 565 g/mol. The van der Waals surface area contributed by atoms with Crippen molar-refractivity contribution in [1.82, 2.24) is 10.2 Å². The Morgan fingerprint density at radius 1 is 0.975 bits per heavy atom. The number of benzene rings is 3. The molecule has 0 saturated carbocycles. The molecular weight excluding hydrogens is 526 g/mol. The number of methoxy groups -OCH3 is 1. The molecule has 9 heteroatoms. The van der Waals surface area contributed by atoms with Crippen LogP contribution in [0, 0.1) is 6.92 Å². The molecule has 3 aromatic carbocycles. The van der Waals surface area contributed by atoms with E-state index in [1.165, 1.54) is 12.0 Å². The summed E-state index contributed by atoms with van der Waals surface area (Å²) in [6, 6.07) is 22.8. The van der Waals surface area contributed by atoms with Crippen molar-refractivity contribution >= 4 is 27.5 Å². The molecule has 0 aliphatic heterocycles. The lowest BCUT2D eigenvalue weighted by Gasteiger charge is -2.34. The van der Waals surface area contributed by atoms with Crippen molar-refractivity contribution in [3.05, 3.63) is 95.6 Å². The number of ether oxygens (including phenoxy) is 1. The smallest absolute Gasteiger partial charge is 0.244 e. The number of nitrogens with zero attached hydrogens (tertiary/aromatic N) is 2. The molecule has 0 spiro atoms. The van der Waals surface area contributed by atoms with Crippen LogP contribution in [0.25, 0.3) is 0 Å². The van der Waals surface area contributed by atoms with Crippen LogP contribution in [0.3, 0.4) is 0 Å². The van der Waals surface area contributed by atoms with Crippen molar-refractivity contribution in [2.45, 2.75) is 52.2 Å².